The minimum atomic E-state index is -0.590. The summed E-state index contributed by atoms with van der Waals surface area (Å²) >= 11 is 0. The lowest BCUT2D eigenvalue weighted by molar-refractivity contribution is -0.124. The fourth-order valence-electron chi connectivity index (χ4n) is 3.69. The number of amides is 2. The molecule has 2 heterocycles. The molecule has 150 valence electrons. The molecule has 0 aliphatic carbocycles. The van der Waals surface area contributed by atoms with Gasteiger partial charge in [-0.1, -0.05) is 25.5 Å². The van der Waals surface area contributed by atoms with Crippen molar-refractivity contribution in [2.45, 2.75) is 32.2 Å². The topological polar surface area (TPSA) is 76.5 Å². The van der Waals surface area contributed by atoms with Crippen molar-refractivity contribution in [2.75, 3.05) is 23.9 Å². The summed E-state index contributed by atoms with van der Waals surface area (Å²) in [4.78, 5) is 32.2. The SMILES string of the molecule is CCCCN1C(=O)[C@@H](CC(=O)Nc2ccc(OC)cc2)n2c1nc1ccccc12. The number of para-hydroxylation sites is 2. The first kappa shape index (κ1) is 19.0. The van der Waals surface area contributed by atoms with Gasteiger partial charge in [0.05, 0.1) is 24.6 Å². The molecule has 1 N–H and O–H groups in total. The molecule has 0 saturated heterocycles. The maximum Gasteiger partial charge on any atom is 0.253 e. The zero-order chi connectivity index (χ0) is 20.4. The van der Waals surface area contributed by atoms with Gasteiger partial charge in [0.2, 0.25) is 11.9 Å². The zero-order valence-electron chi connectivity index (χ0n) is 16.6. The van der Waals surface area contributed by atoms with Gasteiger partial charge in [0.25, 0.3) is 5.91 Å². The number of fused-ring (bicyclic) bond motifs is 3. The van der Waals surface area contributed by atoms with Gasteiger partial charge in [-0.25, -0.2) is 4.98 Å². The molecule has 1 aliphatic heterocycles. The number of carbonyl (C=O) groups excluding carboxylic acids is 2. The minimum absolute atomic E-state index is 0.0564. The molecule has 29 heavy (non-hydrogen) atoms. The molecular formula is C22H24N4O3. The molecule has 0 fully saturated rings. The quantitative estimate of drug-likeness (QED) is 0.664. The summed E-state index contributed by atoms with van der Waals surface area (Å²) in [5, 5.41) is 2.87. The Morgan fingerprint density at radius 3 is 2.66 bits per heavy atom. The third-order valence-corrected chi connectivity index (χ3v) is 5.17. The Bertz CT molecular complexity index is 1040. The minimum Gasteiger partial charge on any atom is -0.497 e. The Morgan fingerprint density at radius 2 is 1.93 bits per heavy atom. The van der Waals surface area contributed by atoms with E-state index in [1.165, 1.54) is 0 Å². The summed E-state index contributed by atoms with van der Waals surface area (Å²) in [5.41, 5.74) is 2.37. The number of benzene rings is 2. The number of aromatic nitrogens is 2. The van der Waals surface area contributed by atoms with Crippen molar-refractivity contribution in [3.63, 3.8) is 0 Å². The monoisotopic (exact) mass is 392 g/mol. The molecule has 7 nitrogen and oxygen atoms in total. The van der Waals surface area contributed by atoms with Crippen LogP contribution < -0.4 is 15.0 Å². The highest BCUT2D eigenvalue weighted by molar-refractivity contribution is 6.05. The predicted molar refractivity (Wildman–Crippen MR) is 112 cm³/mol. The lowest BCUT2D eigenvalue weighted by Gasteiger charge is -2.15. The van der Waals surface area contributed by atoms with Crippen molar-refractivity contribution in [1.29, 1.82) is 0 Å². The summed E-state index contributed by atoms with van der Waals surface area (Å²) in [6.07, 6.45) is 1.92. The van der Waals surface area contributed by atoms with Gasteiger partial charge in [-0.15, -0.1) is 0 Å². The highest BCUT2D eigenvalue weighted by Gasteiger charge is 2.40. The summed E-state index contributed by atoms with van der Waals surface area (Å²) in [5.74, 6) is 1.06. The number of ether oxygens (including phenoxy) is 1. The molecule has 1 atom stereocenters. The number of hydrogen-bond acceptors (Lipinski definition) is 4. The molecule has 0 radical (unpaired) electrons. The predicted octanol–water partition coefficient (Wildman–Crippen LogP) is 3.76. The maximum atomic E-state index is 13.1. The van der Waals surface area contributed by atoms with Gasteiger partial charge in [-0.05, 0) is 42.8 Å². The van der Waals surface area contributed by atoms with Gasteiger partial charge in [0.15, 0.2) is 0 Å². The van der Waals surface area contributed by atoms with Gasteiger partial charge in [-0.3, -0.25) is 19.1 Å². The maximum absolute atomic E-state index is 13.1. The van der Waals surface area contributed by atoms with Gasteiger partial charge in [0, 0.05) is 12.2 Å². The van der Waals surface area contributed by atoms with Crippen LogP contribution in [0.5, 0.6) is 5.75 Å². The highest BCUT2D eigenvalue weighted by atomic mass is 16.5. The molecule has 1 aromatic heterocycles. The van der Waals surface area contributed by atoms with Crippen LogP contribution in [0.4, 0.5) is 11.6 Å². The van der Waals surface area contributed by atoms with Crippen molar-refractivity contribution in [1.82, 2.24) is 9.55 Å². The van der Waals surface area contributed by atoms with E-state index in [0.29, 0.717) is 18.2 Å². The van der Waals surface area contributed by atoms with Crippen molar-refractivity contribution in [2.24, 2.45) is 0 Å². The first-order chi connectivity index (χ1) is 14.1. The summed E-state index contributed by atoms with van der Waals surface area (Å²) in [7, 11) is 1.59. The second-order valence-corrected chi connectivity index (χ2v) is 7.11. The molecule has 4 rings (SSSR count). The Balaban J connectivity index is 1.59. The average Bonchev–Trinajstić information content (AvgIpc) is 3.22. The van der Waals surface area contributed by atoms with E-state index in [4.69, 9.17) is 4.74 Å². The number of hydrogen-bond donors (Lipinski definition) is 1. The molecule has 2 amide bonds. The van der Waals surface area contributed by atoms with Crippen LogP contribution in [-0.2, 0) is 9.59 Å². The number of methoxy groups -OCH3 is 1. The standard InChI is InChI=1S/C22H24N4O3/c1-3-4-13-25-21(28)19(26-18-8-6-5-7-17(18)24-22(25)26)14-20(27)23-15-9-11-16(29-2)12-10-15/h5-12,19H,3-4,13-14H2,1-2H3,(H,23,27)/t19-/m1/s1. The smallest absolute Gasteiger partial charge is 0.253 e. The van der Waals surface area contributed by atoms with E-state index >= 15 is 0 Å². The first-order valence-electron chi connectivity index (χ1n) is 9.84. The summed E-state index contributed by atoms with van der Waals surface area (Å²) in [6.45, 7) is 2.69. The zero-order valence-corrected chi connectivity index (χ0v) is 16.6. The normalized spacial score (nSPS) is 15.6. The number of unbranched alkanes of at least 4 members (excludes halogenated alkanes) is 1. The van der Waals surface area contributed by atoms with E-state index < -0.39 is 6.04 Å². The van der Waals surface area contributed by atoms with Crippen molar-refractivity contribution in [3.05, 3.63) is 48.5 Å². The fraction of sp³-hybridized carbons (Fsp3) is 0.318. The number of rotatable bonds is 7. The summed E-state index contributed by atoms with van der Waals surface area (Å²) < 4.78 is 7.04. The third kappa shape index (κ3) is 3.55. The van der Waals surface area contributed by atoms with E-state index in [-0.39, 0.29) is 18.2 Å². The average molecular weight is 392 g/mol. The van der Waals surface area contributed by atoms with Crippen LogP contribution in [0, 0.1) is 0 Å². The Labute approximate surface area is 169 Å². The molecule has 1 aliphatic rings. The second-order valence-electron chi connectivity index (χ2n) is 7.11. The Morgan fingerprint density at radius 1 is 1.17 bits per heavy atom. The molecule has 0 bridgehead atoms. The van der Waals surface area contributed by atoms with Crippen LogP contribution in [0.25, 0.3) is 11.0 Å². The van der Waals surface area contributed by atoms with Gasteiger partial charge < -0.3 is 10.1 Å². The fourth-order valence-corrected chi connectivity index (χ4v) is 3.69. The van der Waals surface area contributed by atoms with Crippen LogP contribution in [0.3, 0.4) is 0 Å². The van der Waals surface area contributed by atoms with Crippen LogP contribution in [0.1, 0.15) is 32.2 Å². The summed E-state index contributed by atoms with van der Waals surface area (Å²) in [6, 6.07) is 14.2. The van der Waals surface area contributed by atoms with E-state index in [2.05, 4.69) is 17.2 Å². The molecule has 0 unspecified atom stereocenters. The molecule has 0 saturated carbocycles. The van der Waals surface area contributed by atoms with Crippen LogP contribution >= 0.6 is 0 Å². The van der Waals surface area contributed by atoms with Gasteiger partial charge >= 0.3 is 0 Å². The van der Waals surface area contributed by atoms with E-state index in [1.807, 2.05) is 28.8 Å². The largest absolute Gasteiger partial charge is 0.497 e. The Kier molecular flexibility index (Phi) is 5.20. The van der Waals surface area contributed by atoms with E-state index in [9.17, 15) is 9.59 Å². The molecular weight excluding hydrogens is 368 g/mol. The van der Waals surface area contributed by atoms with E-state index in [1.54, 1.807) is 36.3 Å². The Hall–Kier alpha value is -3.35. The second kappa shape index (κ2) is 7.95. The lowest BCUT2D eigenvalue weighted by Crippen LogP contribution is -2.32. The van der Waals surface area contributed by atoms with Crippen LogP contribution in [0.2, 0.25) is 0 Å². The van der Waals surface area contributed by atoms with Crippen molar-refractivity contribution < 1.29 is 14.3 Å². The molecule has 0 spiro atoms. The first-order valence-corrected chi connectivity index (χ1v) is 9.84. The van der Waals surface area contributed by atoms with Crippen molar-refractivity contribution in [3.8, 4) is 5.75 Å². The highest BCUT2D eigenvalue weighted by Crippen LogP contribution is 2.36. The molecule has 7 heteroatoms. The third-order valence-electron chi connectivity index (χ3n) is 5.17. The lowest BCUT2D eigenvalue weighted by atomic mass is 10.1. The van der Waals surface area contributed by atoms with Gasteiger partial charge in [-0.2, -0.15) is 0 Å². The number of anilines is 2. The molecule has 3 aromatic rings. The number of imidazole rings is 1. The van der Waals surface area contributed by atoms with Crippen LogP contribution in [-0.4, -0.2) is 35.0 Å². The van der Waals surface area contributed by atoms with Gasteiger partial charge in [0.1, 0.15) is 11.8 Å². The van der Waals surface area contributed by atoms with Crippen molar-refractivity contribution >= 4 is 34.5 Å². The number of nitrogens with one attached hydrogen (secondary N) is 1. The number of carbonyl (C=O) groups is 2. The molecule has 2 aromatic carbocycles. The number of nitrogens with zero attached hydrogens (tertiary/aromatic N) is 3. The van der Waals surface area contributed by atoms with Crippen LogP contribution in [0.15, 0.2) is 48.5 Å². The van der Waals surface area contributed by atoms with E-state index in [0.717, 1.165) is 29.6 Å².